The van der Waals surface area contributed by atoms with Gasteiger partial charge in [-0.1, -0.05) is 71.4 Å². The molecule has 38 heavy (non-hydrogen) atoms. The lowest BCUT2D eigenvalue weighted by atomic mass is 9.67. The van der Waals surface area contributed by atoms with E-state index in [1.54, 1.807) is 6.20 Å². The van der Waals surface area contributed by atoms with Crippen molar-refractivity contribution in [2.24, 2.45) is 5.92 Å². The minimum absolute atomic E-state index is 0.501. The van der Waals surface area contributed by atoms with Crippen molar-refractivity contribution >= 4 is 11.8 Å². The number of aliphatic hydroxyl groups is 1. The molecule has 1 spiro atoms. The molecule has 3 aliphatic rings. The van der Waals surface area contributed by atoms with Crippen molar-refractivity contribution in [2.75, 3.05) is 12.4 Å². The molecular formula is C30H28N4O4. The van der Waals surface area contributed by atoms with Crippen LogP contribution in [0.4, 0.5) is 5.82 Å². The number of nitrogens with zero attached hydrogens (tertiary/aromatic N) is 3. The van der Waals surface area contributed by atoms with Crippen LogP contribution in [0.1, 0.15) is 39.3 Å². The van der Waals surface area contributed by atoms with Crippen molar-refractivity contribution in [1.82, 2.24) is 15.0 Å². The number of hydrogen-bond donors (Lipinski definition) is 2. The molecule has 7 rings (SSSR count). The molecule has 1 aliphatic carbocycles. The highest BCUT2D eigenvalue weighted by Gasteiger charge is 2.87. The van der Waals surface area contributed by atoms with Crippen LogP contribution in [0.5, 0.6) is 5.75 Å². The molecule has 0 unspecified atom stereocenters. The zero-order valence-electron chi connectivity index (χ0n) is 21.6. The lowest BCUT2D eigenvalue weighted by Crippen LogP contribution is -2.60. The van der Waals surface area contributed by atoms with E-state index in [0.717, 1.165) is 33.4 Å². The van der Waals surface area contributed by atoms with Crippen LogP contribution < -0.4 is 10.1 Å². The largest absolute Gasteiger partial charge is 0.478 e. The van der Waals surface area contributed by atoms with Crippen molar-refractivity contribution < 1.29 is 19.4 Å². The zero-order valence-corrected chi connectivity index (χ0v) is 21.6. The van der Waals surface area contributed by atoms with Crippen LogP contribution >= 0.6 is 0 Å². The van der Waals surface area contributed by atoms with Crippen molar-refractivity contribution in [3.63, 3.8) is 0 Å². The second-order valence-corrected chi connectivity index (χ2v) is 10.7. The van der Waals surface area contributed by atoms with Gasteiger partial charge in [-0.2, -0.15) is 4.68 Å². The van der Waals surface area contributed by atoms with Gasteiger partial charge < -0.3 is 19.9 Å². The fraction of sp³-hybridized carbons (Fsp3) is 0.300. The smallest absolute Gasteiger partial charge is 0.314 e. The summed E-state index contributed by atoms with van der Waals surface area (Å²) < 4.78 is 14.0. The van der Waals surface area contributed by atoms with Crippen LogP contribution in [0.2, 0.25) is 0 Å². The lowest BCUT2D eigenvalue weighted by molar-refractivity contribution is -0.171. The Labute approximate surface area is 220 Å². The van der Waals surface area contributed by atoms with Gasteiger partial charge in [-0.15, -0.1) is 5.10 Å². The lowest BCUT2D eigenvalue weighted by Gasteiger charge is -2.44. The van der Waals surface area contributed by atoms with Gasteiger partial charge in [0.15, 0.2) is 11.1 Å². The number of hydrogen-bond acceptors (Lipinski definition) is 7. The van der Waals surface area contributed by atoms with E-state index in [1.165, 1.54) is 11.8 Å². The minimum atomic E-state index is -1.91. The number of anilines is 1. The summed E-state index contributed by atoms with van der Waals surface area (Å²) in [5.41, 5.74) is 1.05. The molecule has 3 heterocycles. The Balaban J connectivity index is 1.69. The van der Waals surface area contributed by atoms with Crippen LogP contribution in [-0.4, -0.2) is 33.2 Å². The molecule has 4 aromatic rings. The Morgan fingerprint density at radius 3 is 2.50 bits per heavy atom. The summed E-state index contributed by atoms with van der Waals surface area (Å²) in [4.78, 5) is 13.9. The average molecular weight is 509 g/mol. The van der Waals surface area contributed by atoms with Gasteiger partial charge in [-0.3, -0.25) is 4.79 Å². The molecule has 0 bridgehead atoms. The molecule has 8 nitrogen and oxygen atoms in total. The van der Waals surface area contributed by atoms with E-state index in [0.29, 0.717) is 11.6 Å². The predicted octanol–water partition coefficient (Wildman–Crippen LogP) is 4.04. The van der Waals surface area contributed by atoms with Gasteiger partial charge in [0.1, 0.15) is 17.5 Å². The SMILES string of the molecule is COC(=O)[C@@H]1[C@@H](c2ccccc2)[C@]2(c3ccc(C)cc3)Oc3cc(C)cc(C)c3[C@@]23Nc2cnnn2[C@@]13O. The molecule has 0 radical (unpaired) electrons. The highest BCUT2D eigenvalue weighted by Crippen LogP contribution is 2.76. The van der Waals surface area contributed by atoms with Crippen LogP contribution in [0.25, 0.3) is 0 Å². The molecule has 1 fully saturated rings. The van der Waals surface area contributed by atoms with Gasteiger partial charge in [0.2, 0.25) is 5.72 Å². The standard InChI is InChI=1S/C30H28N4O4/c1-17-10-12-21(13-11-17)28-25(20-8-6-5-7-9-20)26(27(35)37-4)30(36)29(28,32-23-16-31-33-34(23)30)24-19(3)14-18(2)15-22(24)38-28/h5-16,25-26,32,36H,1-4H3/t25-,26+,28+,29-,30-/m1/s1. The number of methoxy groups -OCH3 is 1. The van der Waals surface area contributed by atoms with E-state index in [-0.39, 0.29) is 0 Å². The topological polar surface area (TPSA) is 98.5 Å². The van der Waals surface area contributed by atoms with Crippen molar-refractivity contribution in [3.05, 3.63) is 106 Å². The summed E-state index contributed by atoms with van der Waals surface area (Å²) in [7, 11) is 1.35. The van der Waals surface area contributed by atoms with Gasteiger partial charge in [0.05, 0.1) is 13.3 Å². The molecule has 1 saturated carbocycles. The van der Waals surface area contributed by atoms with Crippen LogP contribution in [-0.2, 0) is 26.4 Å². The fourth-order valence-corrected chi connectivity index (χ4v) is 7.45. The number of benzene rings is 3. The van der Waals surface area contributed by atoms with Crippen LogP contribution in [0.15, 0.2) is 72.9 Å². The van der Waals surface area contributed by atoms with E-state index in [4.69, 9.17) is 9.47 Å². The molecule has 1 aromatic heterocycles. The first kappa shape index (κ1) is 23.0. The summed E-state index contributed by atoms with van der Waals surface area (Å²) >= 11 is 0. The molecule has 8 heteroatoms. The average Bonchev–Trinajstić information content (AvgIpc) is 3.59. The number of carbonyl (C=O) groups excluding carboxylic acids is 1. The highest BCUT2D eigenvalue weighted by atomic mass is 16.5. The monoisotopic (exact) mass is 508 g/mol. The fourth-order valence-electron chi connectivity index (χ4n) is 7.45. The summed E-state index contributed by atoms with van der Waals surface area (Å²) in [5.74, 6) is -1.12. The van der Waals surface area contributed by atoms with Gasteiger partial charge >= 0.3 is 5.97 Å². The molecular weight excluding hydrogens is 480 g/mol. The van der Waals surface area contributed by atoms with Crippen molar-refractivity contribution in [1.29, 1.82) is 0 Å². The van der Waals surface area contributed by atoms with Crippen LogP contribution in [0, 0.1) is 26.7 Å². The van der Waals surface area contributed by atoms with E-state index >= 15 is 0 Å². The summed E-state index contributed by atoms with van der Waals surface area (Å²) in [5, 5.41) is 25.2. The van der Waals surface area contributed by atoms with E-state index < -0.39 is 34.7 Å². The molecule has 2 aliphatic heterocycles. The summed E-state index contributed by atoms with van der Waals surface area (Å²) in [6.07, 6.45) is 1.57. The van der Waals surface area contributed by atoms with Crippen molar-refractivity contribution in [2.45, 2.75) is 43.6 Å². The molecule has 0 saturated heterocycles. The van der Waals surface area contributed by atoms with Crippen molar-refractivity contribution in [3.8, 4) is 5.75 Å². The maximum Gasteiger partial charge on any atom is 0.314 e. The number of rotatable bonds is 3. The van der Waals surface area contributed by atoms with E-state index in [2.05, 4.69) is 21.7 Å². The normalized spacial score (nSPS) is 30.0. The second kappa shape index (κ2) is 7.45. The number of aromatic nitrogens is 3. The number of carbonyl (C=O) groups is 1. The summed E-state index contributed by atoms with van der Waals surface area (Å²) in [6, 6.07) is 21.9. The van der Waals surface area contributed by atoms with E-state index in [9.17, 15) is 9.90 Å². The maximum absolute atomic E-state index is 13.9. The Morgan fingerprint density at radius 1 is 1.05 bits per heavy atom. The maximum atomic E-state index is 13.9. The Kier molecular flexibility index (Phi) is 4.50. The first-order chi connectivity index (χ1) is 18.3. The molecule has 192 valence electrons. The zero-order chi connectivity index (χ0) is 26.4. The van der Waals surface area contributed by atoms with Gasteiger partial charge in [-0.05, 0) is 49.1 Å². The van der Waals surface area contributed by atoms with Gasteiger partial charge in [-0.25, -0.2) is 0 Å². The van der Waals surface area contributed by atoms with E-state index in [1.807, 2.05) is 81.4 Å². The Morgan fingerprint density at radius 2 is 1.79 bits per heavy atom. The minimum Gasteiger partial charge on any atom is -0.478 e. The quantitative estimate of drug-likeness (QED) is 0.403. The Hall–Kier alpha value is -4.17. The third-order valence-electron chi connectivity index (χ3n) is 8.69. The molecule has 3 aromatic carbocycles. The highest BCUT2D eigenvalue weighted by molar-refractivity contribution is 5.81. The second-order valence-electron chi connectivity index (χ2n) is 10.7. The predicted molar refractivity (Wildman–Crippen MR) is 140 cm³/mol. The molecule has 0 amide bonds. The number of esters is 1. The first-order valence-corrected chi connectivity index (χ1v) is 12.7. The molecule has 2 N–H and O–H groups in total. The van der Waals surface area contributed by atoms with Gasteiger partial charge in [0, 0.05) is 11.5 Å². The van der Waals surface area contributed by atoms with Gasteiger partial charge in [0.25, 0.3) is 0 Å². The summed E-state index contributed by atoms with van der Waals surface area (Å²) in [6.45, 7) is 6.07. The van der Waals surface area contributed by atoms with Crippen LogP contribution in [0.3, 0.4) is 0 Å². The Bertz CT molecular complexity index is 1600. The first-order valence-electron chi connectivity index (χ1n) is 12.7. The number of ether oxygens (including phenoxy) is 2. The third-order valence-corrected chi connectivity index (χ3v) is 8.69. The number of nitrogens with one attached hydrogen (secondary N) is 1. The molecule has 5 atom stereocenters. The number of aryl methyl sites for hydroxylation is 3. The number of fused-ring (bicyclic) bond motifs is 3. The third kappa shape index (κ3) is 2.42.